The van der Waals surface area contributed by atoms with Crippen LogP contribution in [0.1, 0.15) is 19.3 Å². The van der Waals surface area contributed by atoms with E-state index in [1.165, 1.54) is 0 Å². The number of aliphatic hydroxyl groups is 1. The third kappa shape index (κ3) is 1.84. The van der Waals surface area contributed by atoms with Crippen molar-refractivity contribution in [3.63, 3.8) is 0 Å². The maximum absolute atomic E-state index is 12.1. The highest BCUT2D eigenvalue weighted by atomic mass is 16.3. The number of hydrogen-bond donors (Lipinski definition) is 2. The molecule has 6 nitrogen and oxygen atoms in total. The molecule has 2 aromatic heterocycles. The molecular formula is C12H14N4O2. The molecule has 1 aliphatic carbocycles. The fraction of sp³-hybridized carbons (Fsp3) is 0.417. The van der Waals surface area contributed by atoms with Gasteiger partial charge in [0.2, 0.25) is 5.91 Å². The summed E-state index contributed by atoms with van der Waals surface area (Å²) < 4.78 is 1.57. The van der Waals surface area contributed by atoms with E-state index >= 15 is 0 Å². The molecule has 1 aliphatic rings. The van der Waals surface area contributed by atoms with Crippen LogP contribution in [0, 0.1) is 5.92 Å². The van der Waals surface area contributed by atoms with Gasteiger partial charge in [-0.25, -0.2) is 4.98 Å². The zero-order valence-electron chi connectivity index (χ0n) is 9.78. The van der Waals surface area contributed by atoms with Crippen molar-refractivity contribution < 1.29 is 9.90 Å². The Morgan fingerprint density at radius 2 is 2.28 bits per heavy atom. The van der Waals surface area contributed by atoms with Gasteiger partial charge in [0.15, 0.2) is 5.65 Å². The van der Waals surface area contributed by atoms with Crippen molar-refractivity contribution in [2.45, 2.75) is 25.4 Å². The summed E-state index contributed by atoms with van der Waals surface area (Å²) in [4.78, 5) is 16.2. The molecule has 6 heteroatoms. The quantitative estimate of drug-likeness (QED) is 0.822. The highest BCUT2D eigenvalue weighted by molar-refractivity contribution is 5.92. The van der Waals surface area contributed by atoms with Crippen LogP contribution in [0.5, 0.6) is 0 Å². The number of carbonyl (C=O) groups excluding carboxylic acids is 1. The minimum absolute atomic E-state index is 0.150. The van der Waals surface area contributed by atoms with Crippen molar-refractivity contribution >= 4 is 17.4 Å². The fourth-order valence-corrected chi connectivity index (χ4v) is 2.39. The van der Waals surface area contributed by atoms with Crippen LogP contribution in [0.2, 0.25) is 0 Å². The number of carbonyl (C=O) groups is 1. The minimum Gasteiger partial charge on any atom is -0.392 e. The van der Waals surface area contributed by atoms with Gasteiger partial charge >= 0.3 is 0 Å². The van der Waals surface area contributed by atoms with Crippen LogP contribution < -0.4 is 5.32 Å². The van der Waals surface area contributed by atoms with E-state index in [1.807, 2.05) is 0 Å². The largest absolute Gasteiger partial charge is 0.392 e. The molecule has 3 rings (SSSR count). The second-order valence-corrected chi connectivity index (χ2v) is 4.53. The predicted octanol–water partition coefficient (Wildman–Crippen LogP) is 0.829. The van der Waals surface area contributed by atoms with Crippen molar-refractivity contribution in [2.24, 2.45) is 5.92 Å². The van der Waals surface area contributed by atoms with E-state index in [1.54, 1.807) is 29.0 Å². The Hall–Kier alpha value is -1.95. The lowest BCUT2D eigenvalue weighted by Gasteiger charge is -2.14. The molecule has 2 heterocycles. The molecule has 0 aliphatic heterocycles. The molecular weight excluding hydrogens is 232 g/mol. The molecule has 0 aromatic carbocycles. The number of hydrogen-bond acceptors (Lipinski definition) is 4. The molecule has 0 radical (unpaired) electrons. The van der Waals surface area contributed by atoms with Gasteiger partial charge in [0, 0.05) is 12.3 Å². The maximum atomic E-state index is 12.1. The van der Waals surface area contributed by atoms with E-state index in [4.69, 9.17) is 0 Å². The normalized spacial score (nSPS) is 23.4. The molecule has 2 N–H and O–H groups in total. The summed E-state index contributed by atoms with van der Waals surface area (Å²) >= 11 is 0. The standard InChI is InChI=1S/C12H14N4O2/c17-9-3-1-2-8(9)12(18)15-11-4-6-13-10-5-7-14-16(10)11/h4-9,17H,1-3H2,(H,15,18). The van der Waals surface area contributed by atoms with E-state index in [0.717, 1.165) is 12.8 Å². The third-order valence-corrected chi connectivity index (χ3v) is 3.36. The molecule has 0 saturated heterocycles. The Kier molecular flexibility index (Phi) is 2.71. The van der Waals surface area contributed by atoms with Crippen molar-refractivity contribution in [3.05, 3.63) is 24.5 Å². The Balaban J connectivity index is 1.84. The average Bonchev–Trinajstić information content (AvgIpc) is 2.97. The van der Waals surface area contributed by atoms with Gasteiger partial charge in [0.05, 0.1) is 18.2 Å². The van der Waals surface area contributed by atoms with Gasteiger partial charge in [-0.05, 0) is 25.3 Å². The summed E-state index contributed by atoms with van der Waals surface area (Å²) in [6.45, 7) is 0. The number of aliphatic hydroxyl groups excluding tert-OH is 1. The molecule has 0 spiro atoms. The second kappa shape index (κ2) is 4.38. The predicted molar refractivity (Wildman–Crippen MR) is 65.0 cm³/mol. The van der Waals surface area contributed by atoms with Gasteiger partial charge in [-0.2, -0.15) is 9.61 Å². The lowest BCUT2D eigenvalue weighted by atomic mass is 10.1. The summed E-state index contributed by atoms with van der Waals surface area (Å²) in [5.74, 6) is 0.112. The van der Waals surface area contributed by atoms with Crippen molar-refractivity contribution in [1.82, 2.24) is 14.6 Å². The van der Waals surface area contributed by atoms with E-state index in [-0.39, 0.29) is 11.8 Å². The second-order valence-electron chi connectivity index (χ2n) is 4.53. The molecule has 94 valence electrons. The molecule has 1 amide bonds. The molecule has 2 aromatic rings. The van der Waals surface area contributed by atoms with Gasteiger partial charge in [-0.1, -0.05) is 0 Å². The first kappa shape index (κ1) is 11.2. The lowest BCUT2D eigenvalue weighted by Crippen LogP contribution is -2.29. The van der Waals surface area contributed by atoms with Crippen LogP contribution in [0.3, 0.4) is 0 Å². The van der Waals surface area contributed by atoms with Crippen LogP contribution in [0.15, 0.2) is 24.5 Å². The van der Waals surface area contributed by atoms with E-state index < -0.39 is 6.10 Å². The molecule has 2 unspecified atom stereocenters. The zero-order valence-corrected chi connectivity index (χ0v) is 9.78. The monoisotopic (exact) mass is 246 g/mol. The topological polar surface area (TPSA) is 79.5 Å². The smallest absolute Gasteiger partial charge is 0.231 e. The molecule has 1 saturated carbocycles. The summed E-state index contributed by atoms with van der Waals surface area (Å²) in [5.41, 5.74) is 0.680. The fourth-order valence-electron chi connectivity index (χ4n) is 2.39. The van der Waals surface area contributed by atoms with Crippen LogP contribution >= 0.6 is 0 Å². The highest BCUT2D eigenvalue weighted by Gasteiger charge is 2.31. The summed E-state index contributed by atoms with van der Waals surface area (Å²) in [5, 5.41) is 16.6. The first-order chi connectivity index (χ1) is 8.75. The summed E-state index contributed by atoms with van der Waals surface area (Å²) in [7, 11) is 0. The van der Waals surface area contributed by atoms with Crippen LogP contribution in [-0.4, -0.2) is 31.7 Å². The van der Waals surface area contributed by atoms with Crippen molar-refractivity contribution in [3.8, 4) is 0 Å². The molecule has 1 fully saturated rings. The van der Waals surface area contributed by atoms with Gasteiger partial charge < -0.3 is 10.4 Å². The van der Waals surface area contributed by atoms with Crippen molar-refractivity contribution in [2.75, 3.05) is 5.32 Å². The lowest BCUT2D eigenvalue weighted by molar-refractivity contribution is -0.122. The van der Waals surface area contributed by atoms with Crippen LogP contribution in [0.25, 0.3) is 5.65 Å². The molecule has 0 bridgehead atoms. The van der Waals surface area contributed by atoms with Gasteiger partial charge in [0.1, 0.15) is 5.82 Å². The number of nitrogens with one attached hydrogen (secondary N) is 1. The molecule has 2 atom stereocenters. The average molecular weight is 246 g/mol. The van der Waals surface area contributed by atoms with Gasteiger partial charge in [0.25, 0.3) is 0 Å². The van der Waals surface area contributed by atoms with Gasteiger partial charge in [-0.15, -0.1) is 0 Å². The summed E-state index contributed by atoms with van der Waals surface area (Å²) in [6, 6.07) is 3.46. The van der Waals surface area contributed by atoms with E-state index in [0.29, 0.717) is 17.9 Å². The van der Waals surface area contributed by atoms with Gasteiger partial charge in [-0.3, -0.25) is 4.79 Å². The molecule has 18 heavy (non-hydrogen) atoms. The van der Waals surface area contributed by atoms with Crippen LogP contribution in [-0.2, 0) is 4.79 Å². The minimum atomic E-state index is -0.528. The van der Waals surface area contributed by atoms with Crippen molar-refractivity contribution in [1.29, 1.82) is 0 Å². The first-order valence-corrected chi connectivity index (χ1v) is 6.03. The zero-order chi connectivity index (χ0) is 12.5. The highest BCUT2D eigenvalue weighted by Crippen LogP contribution is 2.26. The summed E-state index contributed by atoms with van der Waals surface area (Å²) in [6.07, 6.45) is 5.05. The SMILES string of the molecule is O=C(Nc1ccnc2ccnn12)C1CCCC1O. The number of rotatable bonds is 2. The third-order valence-electron chi connectivity index (χ3n) is 3.36. The Bertz CT molecular complexity index is 580. The number of fused-ring (bicyclic) bond motifs is 1. The number of aromatic nitrogens is 3. The number of nitrogens with zero attached hydrogens (tertiary/aromatic N) is 3. The van der Waals surface area contributed by atoms with E-state index in [2.05, 4.69) is 15.4 Å². The number of amides is 1. The van der Waals surface area contributed by atoms with Crippen LogP contribution in [0.4, 0.5) is 5.82 Å². The Labute approximate surface area is 104 Å². The number of anilines is 1. The van der Waals surface area contributed by atoms with E-state index in [9.17, 15) is 9.90 Å². The Morgan fingerprint density at radius 3 is 3.06 bits per heavy atom. The maximum Gasteiger partial charge on any atom is 0.231 e. The first-order valence-electron chi connectivity index (χ1n) is 6.03. The Morgan fingerprint density at radius 1 is 1.39 bits per heavy atom.